The minimum absolute atomic E-state index is 0.0170. The smallest absolute Gasteiger partial charge is 0.253 e. The van der Waals surface area contributed by atoms with Gasteiger partial charge in [0.15, 0.2) is 5.96 Å². The maximum atomic E-state index is 12.6. The molecule has 2 aromatic carbocycles. The Kier molecular flexibility index (Phi) is 10.4. The largest absolute Gasteiger partial charge is 0.493 e. The van der Waals surface area contributed by atoms with Crippen LogP contribution in [0, 0.1) is 0 Å². The Morgan fingerprint density at radius 3 is 2.30 bits per heavy atom. The number of hydrogen-bond donors (Lipinski definition) is 2. The molecule has 8 heteroatoms. The van der Waals surface area contributed by atoms with Crippen LogP contribution in [-0.2, 0) is 16.0 Å². The molecular formula is C25H34N4O4. The summed E-state index contributed by atoms with van der Waals surface area (Å²) >= 11 is 0. The van der Waals surface area contributed by atoms with Gasteiger partial charge < -0.3 is 25.8 Å². The SMILES string of the molecule is CCN(CC)C(=O)c1ccc(-c2ccc(CCC(=O)N=C(N)N)cc2OCCCOC)cc1. The fourth-order valence-electron chi connectivity index (χ4n) is 3.40. The van der Waals surface area contributed by atoms with Crippen LogP contribution in [0.25, 0.3) is 11.1 Å². The number of nitrogens with zero attached hydrogens (tertiary/aromatic N) is 2. The maximum absolute atomic E-state index is 12.6. The third kappa shape index (κ3) is 7.91. The highest BCUT2D eigenvalue weighted by Gasteiger charge is 2.14. The van der Waals surface area contributed by atoms with Crippen molar-refractivity contribution >= 4 is 17.8 Å². The number of benzene rings is 2. The minimum Gasteiger partial charge on any atom is -0.493 e. The summed E-state index contributed by atoms with van der Waals surface area (Å²) in [5.41, 5.74) is 14.0. The second-order valence-electron chi connectivity index (χ2n) is 7.51. The van der Waals surface area contributed by atoms with Gasteiger partial charge in [0.2, 0.25) is 5.91 Å². The topological polar surface area (TPSA) is 120 Å². The second kappa shape index (κ2) is 13.2. The molecule has 2 aromatic rings. The van der Waals surface area contributed by atoms with Gasteiger partial charge in [-0.2, -0.15) is 4.99 Å². The van der Waals surface area contributed by atoms with Crippen molar-refractivity contribution < 1.29 is 19.1 Å². The number of carbonyl (C=O) groups is 2. The summed E-state index contributed by atoms with van der Waals surface area (Å²) in [5.74, 6) is 0.125. The van der Waals surface area contributed by atoms with Gasteiger partial charge in [-0.15, -0.1) is 0 Å². The zero-order valence-electron chi connectivity index (χ0n) is 19.7. The summed E-state index contributed by atoms with van der Waals surface area (Å²) in [5, 5.41) is 0. The van der Waals surface area contributed by atoms with Crippen LogP contribution < -0.4 is 16.2 Å². The predicted octanol–water partition coefficient (Wildman–Crippen LogP) is 2.98. The van der Waals surface area contributed by atoms with Gasteiger partial charge in [0.05, 0.1) is 6.61 Å². The van der Waals surface area contributed by atoms with Gasteiger partial charge in [0.25, 0.3) is 5.91 Å². The summed E-state index contributed by atoms with van der Waals surface area (Å²) < 4.78 is 11.2. The van der Waals surface area contributed by atoms with E-state index in [4.69, 9.17) is 20.9 Å². The number of hydrogen-bond acceptors (Lipinski definition) is 4. The highest BCUT2D eigenvalue weighted by molar-refractivity contribution is 5.95. The minimum atomic E-state index is -0.366. The molecule has 0 aromatic heterocycles. The monoisotopic (exact) mass is 454 g/mol. The molecule has 2 amide bonds. The van der Waals surface area contributed by atoms with Gasteiger partial charge in [0.1, 0.15) is 5.75 Å². The lowest BCUT2D eigenvalue weighted by atomic mass is 9.99. The zero-order chi connectivity index (χ0) is 24.2. The normalized spacial score (nSPS) is 10.5. The van der Waals surface area contributed by atoms with Gasteiger partial charge in [0, 0.05) is 50.8 Å². The lowest BCUT2D eigenvalue weighted by molar-refractivity contribution is -0.117. The first-order valence-electron chi connectivity index (χ1n) is 11.2. The number of aryl methyl sites for hydroxylation is 1. The molecule has 4 N–H and O–H groups in total. The number of aliphatic imine (C=N–C) groups is 1. The average Bonchev–Trinajstić information content (AvgIpc) is 2.81. The number of ether oxygens (including phenoxy) is 2. The number of carbonyl (C=O) groups excluding carboxylic acids is 2. The first-order valence-corrected chi connectivity index (χ1v) is 11.2. The van der Waals surface area contributed by atoms with E-state index in [1.165, 1.54) is 0 Å². The van der Waals surface area contributed by atoms with Crippen molar-refractivity contribution in [2.45, 2.75) is 33.1 Å². The van der Waals surface area contributed by atoms with Crippen molar-refractivity contribution in [1.82, 2.24) is 4.90 Å². The fourth-order valence-corrected chi connectivity index (χ4v) is 3.40. The van der Waals surface area contributed by atoms with Crippen LogP contribution in [0.15, 0.2) is 47.5 Å². The molecule has 0 fully saturated rings. The molecule has 0 bridgehead atoms. The Morgan fingerprint density at radius 2 is 1.70 bits per heavy atom. The third-order valence-electron chi connectivity index (χ3n) is 5.17. The number of amides is 2. The quantitative estimate of drug-likeness (QED) is 0.289. The van der Waals surface area contributed by atoms with Crippen LogP contribution >= 0.6 is 0 Å². The summed E-state index contributed by atoms with van der Waals surface area (Å²) in [6.07, 6.45) is 1.44. The Labute approximate surface area is 195 Å². The van der Waals surface area contributed by atoms with Gasteiger partial charge >= 0.3 is 0 Å². The average molecular weight is 455 g/mol. The number of rotatable bonds is 12. The van der Waals surface area contributed by atoms with Crippen molar-refractivity contribution in [3.05, 3.63) is 53.6 Å². The standard InChI is InChI=1S/C25H34N4O4/c1-4-29(5-2)24(31)20-11-9-19(10-12-20)21-13-7-18(8-14-23(30)28-25(26)27)17-22(21)33-16-6-15-32-3/h7,9-13,17H,4-6,8,14-16H2,1-3H3,(H4,26,27,28,30). The van der Waals surface area contributed by atoms with E-state index in [9.17, 15) is 9.59 Å². The molecule has 178 valence electrons. The first kappa shape index (κ1) is 25.9. The summed E-state index contributed by atoms with van der Waals surface area (Å²) in [4.78, 5) is 29.7. The van der Waals surface area contributed by atoms with Crippen molar-refractivity contribution in [1.29, 1.82) is 0 Å². The molecule has 2 rings (SSSR count). The molecule has 0 spiro atoms. The van der Waals surface area contributed by atoms with E-state index < -0.39 is 0 Å². The van der Waals surface area contributed by atoms with Crippen molar-refractivity contribution in [3.8, 4) is 16.9 Å². The molecule has 0 aliphatic rings. The Bertz CT molecular complexity index is 949. The van der Waals surface area contributed by atoms with Gasteiger partial charge in [-0.25, -0.2) is 0 Å². The van der Waals surface area contributed by atoms with Crippen LogP contribution in [0.2, 0.25) is 0 Å². The molecular weight excluding hydrogens is 420 g/mol. The maximum Gasteiger partial charge on any atom is 0.253 e. The zero-order valence-corrected chi connectivity index (χ0v) is 19.7. The number of methoxy groups -OCH3 is 1. The molecule has 33 heavy (non-hydrogen) atoms. The molecule has 8 nitrogen and oxygen atoms in total. The van der Waals surface area contributed by atoms with E-state index in [0.29, 0.717) is 44.0 Å². The van der Waals surface area contributed by atoms with Crippen molar-refractivity contribution in [2.75, 3.05) is 33.4 Å². The predicted molar refractivity (Wildman–Crippen MR) is 130 cm³/mol. The van der Waals surface area contributed by atoms with Crippen LogP contribution in [0.3, 0.4) is 0 Å². The highest BCUT2D eigenvalue weighted by Crippen LogP contribution is 2.32. The Hall–Kier alpha value is -3.39. The number of nitrogens with two attached hydrogens (primary N) is 2. The van der Waals surface area contributed by atoms with Crippen LogP contribution in [0.5, 0.6) is 5.75 Å². The van der Waals surface area contributed by atoms with E-state index in [1.807, 2.05) is 56.3 Å². The lowest BCUT2D eigenvalue weighted by Gasteiger charge is -2.19. The second-order valence-corrected chi connectivity index (χ2v) is 7.51. The third-order valence-corrected chi connectivity index (χ3v) is 5.17. The van der Waals surface area contributed by atoms with Gasteiger partial charge in [-0.1, -0.05) is 24.3 Å². The molecule has 0 atom stereocenters. The van der Waals surface area contributed by atoms with Crippen LogP contribution in [0.4, 0.5) is 0 Å². The number of guanidine groups is 1. The Balaban J connectivity index is 2.25. The molecule has 0 aliphatic heterocycles. The van der Waals surface area contributed by atoms with E-state index in [1.54, 1.807) is 12.0 Å². The Morgan fingerprint density at radius 1 is 1.00 bits per heavy atom. The highest BCUT2D eigenvalue weighted by atomic mass is 16.5. The van der Waals surface area contributed by atoms with Crippen LogP contribution in [0.1, 0.15) is 42.6 Å². The van der Waals surface area contributed by atoms with Gasteiger partial charge in [-0.3, -0.25) is 9.59 Å². The van der Waals surface area contributed by atoms with E-state index in [2.05, 4.69) is 4.99 Å². The fraction of sp³-hybridized carbons (Fsp3) is 0.400. The molecule has 0 unspecified atom stereocenters. The van der Waals surface area contributed by atoms with Gasteiger partial charge in [-0.05, 0) is 49.6 Å². The molecule has 0 radical (unpaired) electrons. The van der Waals surface area contributed by atoms with Crippen molar-refractivity contribution in [2.24, 2.45) is 16.5 Å². The van der Waals surface area contributed by atoms with Crippen molar-refractivity contribution in [3.63, 3.8) is 0 Å². The molecule has 0 aliphatic carbocycles. The molecule has 0 saturated heterocycles. The lowest BCUT2D eigenvalue weighted by Crippen LogP contribution is -2.30. The summed E-state index contributed by atoms with van der Waals surface area (Å²) in [6.45, 7) is 6.37. The molecule has 0 heterocycles. The molecule has 0 saturated carbocycles. The summed E-state index contributed by atoms with van der Waals surface area (Å²) in [6, 6.07) is 13.4. The van der Waals surface area contributed by atoms with E-state index in [-0.39, 0.29) is 24.2 Å². The van der Waals surface area contributed by atoms with E-state index in [0.717, 1.165) is 23.1 Å². The first-order chi connectivity index (χ1) is 15.9. The van der Waals surface area contributed by atoms with Crippen LogP contribution in [-0.4, -0.2) is 56.1 Å². The van der Waals surface area contributed by atoms with E-state index >= 15 is 0 Å². The summed E-state index contributed by atoms with van der Waals surface area (Å²) in [7, 11) is 1.65.